The lowest BCUT2D eigenvalue weighted by molar-refractivity contribution is 0.108. The highest BCUT2D eigenvalue weighted by Crippen LogP contribution is 2.23. The number of hydrogen-bond donors (Lipinski definition) is 0. The van der Waals surface area contributed by atoms with Gasteiger partial charge in [-0.25, -0.2) is 4.98 Å². The summed E-state index contributed by atoms with van der Waals surface area (Å²) in [6.07, 6.45) is 4.54. The van der Waals surface area contributed by atoms with E-state index in [1.807, 2.05) is 24.3 Å². The standard InChI is InChI=1S/C16H18ClNO2/c1-2-3-4-7-10-20-15-11-13(16(17)19)12-8-5-6-9-14(12)18-15/h5-6,8-9,11H,2-4,7,10H2,1H3. The maximum absolute atomic E-state index is 11.5. The van der Waals surface area contributed by atoms with Crippen LogP contribution >= 0.6 is 11.6 Å². The second kappa shape index (κ2) is 7.25. The van der Waals surface area contributed by atoms with Crippen LogP contribution in [0.25, 0.3) is 10.9 Å². The first-order chi connectivity index (χ1) is 9.72. The molecule has 0 aliphatic heterocycles. The Hall–Kier alpha value is -1.61. The van der Waals surface area contributed by atoms with Crippen molar-refractivity contribution in [1.29, 1.82) is 0 Å². The molecular weight excluding hydrogens is 274 g/mol. The van der Waals surface area contributed by atoms with E-state index in [9.17, 15) is 4.79 Å². The Morgan fingerprint density at radius 1 is 1.25 bits per heavy atom. The molecule has 0 amide bonds. The molecule has 0 N–H and O–H groups in total. The van der Waals surface area contributed by atoms with Crippen LogP contribution in [-0.4, -0.2) is 16.8 Å². The molecule has 20 heavy (non-hydrogen) atoms. The molecule has 0 aliphatic rings. The summed E-state index contributed by atoms with van der Waals surface area (Å²) in [4.78, 5) is 15.9. The number of carbonyl (C=O) groups excluding carboxylic acids is 1. The van der Waals surface area contributed by atoms with Crippen molar-refractivity contribution >= 4 is 27.7 Å². The summed E-state index contributed by atoms with van der Waals surface area (Å²) in [5.41, 5.74) is 1.17. The highest BCUT2D eigenvalue weighted by atomic mass is 35.5. The molecule has 0 spiro atoms. The van der Waals surface area contributed by atoms with Gasteiger partial charge in [0.25, 0.3) is 5.24 Å². The molecule has 1 aromatic carbocycles. The van der Waals surface area contributed by atoms with Crippen LogP contribution in [0.3, 0.4) is 0 Å². The maximum atomic E-state index is 11.5. The van der Waals surface area contributed by atoms with Gasteiger partial charge in [-0.05, 0) is 24.1 Å². The molecule has 2 aromatic rings. The number of hydrogen-bond acceptors (Lipinski definition) is 3. The maximum Gasteiger partial charge on any atom is 0.253 e. The highest BCUT2D eigenvalue weighted by Gasteiger charge is 2.11. The average molecular weight is 292 g/mol. The molecule has 0 bridgehead atoms. The van der Waals surface area contributed by atoms with Gasteiger partial charge in [-0.1, -0.05) is 44.4 Å². The molecule has 0 saturated carbocycles. The zero-order valence-corrected chi connectivity index (χ0v) is 12.3. The molecular formula is C16H18ClNO2. The van der Waals surface area contributed by atoms with Crippen molar-refractivity contribution in [1.82, 2.24) is 4.98 Å². The fraction of sp³-hybridized carbons (Fsp3) is 0.375. The normalized spacial score (nSPS) is 10.7. The summed E-state index contributed by atoms with van der Waals surface area (Å²) < 4.78 is 5.63. The van der Waals surface area contributed by atoms with E-state index in [1.165, 1.54) is 12.8 Å². The molecule has 3 nitrogen and oxygen atoms in total. The van der Waals surface area contributed by atoms with Crippen molar-refractivity contribution in [2.24, 2.45) is 0 Å². The molecule has 0 aliphatic carbocycles. The summed E-state index contributed by atoms with van der Waals surface area (Å²) in [5.74, 6) is 0.462. The number of pyridine rings is 1. The van der Waals surface area contributed by atoms with Crippen molar-refractivity contribution in [3.05, 3.63) is 35.9 Å². The molecule has 0 unspecified atom stereocenters. The Morgan fingerprint density at radius 2 is 2.05 bits per heavy atom. The summed E-state index contributed by atoms with van der Waals surface area (Å²) in [7, 11) is 0. The second-order valence-electron chi connectivity index (χ2n) is 4.71. The van der Waals surface area contributed by atoms with E-state index < -0.39 is 5.24 Å². The van der Waals surface area contributed by atoms with Crippen molar-refractivity contribution in [3.63, 3.8) is 0 Å². The Morgan fingerprint density at radius 3 is 2.80 bits per heavy atom. The van der Waals surface area contributed by atoms with E-state index in [0.29, 0.717) is 18.1 Å². The third-order valence-electron chi connectivity index (χ3n) is 3.15. The number of unbranched alkanes of at least 4 members (excludes halogenated alkanes) is 3. The van der Waals surface area contributed by atoms with Gasteiger partial charge in [-0.3, -0.25) is 4.79 Å². The Labute approximate surface area is 123 Å². The molecule has 0 radical (unpaired) electrons. The van der Waals surface area contributed by atoms with Crippen LogP contribution in [0.4, 0.5) is 0 Å². The van der Waals surface area contributed by atoms with E-state index in [-0.39, 0.29) is 0 Å². The molecule has 2 rings (SSSR count). The van der Waals surface area contributed by atoms with Crippen LogP contribution in [0, 0.1) is 0 Å². The molecule has 1 heterocycles. The van der Waals surface area contributed by atoms with Crippen molar-refractivity contribution in [3.8, 4) is 5.88 Å². The van der Waals surface area contributed by atoms with Crippen LogP contribution in [0.2, 0.25) is 0 Å². The zero-order chi connectivity index (χ0) is 14.4. The van der Waals surface area contributed by atoms with Gasteiger partial charge in [0.05, 0.1) is 12.1 Å². The summed E-state index contributed by atoms with van der Waals surface area (Å²) >= 11 is 5.63. The van der Waals surface area contributed by atoms with Crippen LogP contribution < -0.4 is 4.74 Å². The number of halogens is 1. The summed E-state index contributed by atoms with van der Waals surface area (Å²) in [5, 5.41) is 0.269. The van der Waals surface area contributed by atoms with Crippen molar-refractivity contribution in [2.75, 3.05) is 6.61 Å². The van der Waals surface area contributed by atoms with E-state index in [4.69, 9.17) is 16.3 Å². The SMILES string of the molecule is CCCCCCOc1cc(C(=O)Cl)c2ccccc2n1. The topological polar surface area (TPSA) is 39.2 Å². The molecule has 1 aromatic heterocycles. The third kappa shape index (κ3) is 3.70. The van der Waals surface area contributed by atoms with Gasteiger partial charge in [0.1, 0.15) is 0 Å². The molecule has 106 valence electrons. The predicted molar refractivity (Wildman–Crippen MR) is 81.6 cm³/mol. The van der Waals surface area contributed by atoms with Gasteiger partial charge < -0.3 is 4.74 Å². The van der Waals surface area contributed by atoms with Crippen LogP contribution in [-0.2, 0) is 0 Å². The Kier molecular flexibility index (Phi) is 5.36. The first kappa shape index (κ1) is 14.8. The van der Waals surface area contributed by atoms with Crippen molar-refractivity contribution < 1.29 is 9.53 Å². The quantitative estimate of drug-likeness (QED) is 0.554. The fourth-order valence-corrected chi connectivity index (χ4v) is 2.25. The fourth-order valence-electron chi connectivity index (χ4n) is 2.09. The van der Waals surface area contributed by atoms with Gasteiger partial charge >= 0.3 is 0 Å². The monoisotopic (exact) mass is 291 g/mol. The minimum atomic E-state index is -0.487. The predicted octanol–water partition coefficient (Wildman–Crippen LogP) is 4.57. The lowest BCUT2D eigenvalue weighted by Gasteiger charge is -2.08. The number of para-hydroxylation sites is 1. The van der Waals surface area contributed by atoms with E-state index in [1.54, 1.807) is 6.07 Å². The van der Waals surface area contributed by atoms with E-state index in [2.05, 4.69) is 11.9 Å². The summed E-state index contributed by atoms with van der Waals surface area (Å²) in [6.45, 7) is 2.78. The van der Waals surface area contributed by atoms with E-state index in [0.717, 1.165) is 23.7 Å². The lowest BCUT2D eigenvalue weighted by Crippen LogP contribution is -2.02. The van der Waals surface area contributed by atoms with Gasteiger partial charge in [-0.2, -0.15) is 0 Å². The molecule has 4 heteroatoms. The average Bonchev–Trinajstić information content (AvgIpc) is 2.46. The molecule has 0 fully saturated rings. The second-order valence-corrected chi connectivity index (χ2v) is 5.05. The van der Waals surface area contributed by atoms with E-state index >= 15 is 0 Å². The first-order valence-corrected chi connectivity index (χ1v) is 7.32. The van der Waals surface area contributed by atoms with Gasteiger partial charge in [0, 0.05) is 17.0 Å². The number of aromatic nitrogens is 1. The third-order valence-corrected chi connectivity index (χ3v) is 3.36. The minimum Gasteiger partial charge on any atom is -0.478 e. The number of fused-ring (bicyclic) bond motifs is 1. The van der Waals surface area contributed by atoms with Crippen LogP contribution in [0.5, 0.6) is 5.88 Å². The highest BCUT2D eigenvalue weighted by molar-refractivity contribution is 6.68. The largest absolute Gasteiger partial charge is 0.478 e. The number of carbonyl (C=O) groups is 1. The lowest BCUT2D eigenvalue weighted by atomic mass is 10.1. The van der Waals surface area contributed by atoms with Gasteiger partial charge in [0.15, 0.2) is 0 Å². The first-order valence-electron chi connectivity index (χ1n) is 6.94. The number of benzene rings is 1. The Bertz CT molecular complexity index is 598. The molecule has 0 saturated heterocycles. The molecule has 0 atom stereocenters. The van der Waals surface area contributed by atoms with Gasteiger partial charge in [0.2, 0.25) is 5.88 Å². The van der Waals surface area contributed by atoms with Crippen molar-refractivity contribution in [2.45, 2.75) is 32.6 Å². The van der Waals surface area contributed by atoms with Gasteiger partial charge in [-0.15, -0.1) is 0 Å². The zero-order valence-electron chi connectivity index (χ0n) is 11.6. The van der Waals surface area contributed by atoms with Crippen LogP contribution in [0.15, 0.2) is 30.3 Å². The summed E-state index contributed by atoms with van der Waals surface area (Å²) in [6, 6.07) is 9.05. The minimum absolute atomic E-state index is 0.445. The number of rotatable bonds is 7. The number of nitrogens with zero attached hydrogens (tertiary/aromatic N) is 1. The smallest absolute Gasteiger partial charge is 0.253 e. The van der Waals surface area contributed by atoms with Crippen LogP contribution in [0.1, 0.15) is 43.0 Å². The number of ether oxygens (including phenoxy) is 1. The Balaban J connectivity index is 2.15.